The van der Waals surface area contributed by atoms with Crippen LogP contribution >= 0.6 is 11.6 Å². The minimum Gasteiger partial charge on any atom is -0.478 e. The van der Waals surface area contributed by atoms with E-state index in [2.05, 4.69) is 5.10 Å². The Morgan fingerprint density at radius 2 is 2.04 bits per heavy atom. The van der Waals surface area contributed by atoms with Crippen molar-refractivity contribution in [3.05, 3.63) is 71.5 Å². The van der Waals surface area contributed by atoms with E-state index < -0.39 is 12.1 Å². The van der Waals surface area contributed by atoms with E-state index in [9.17, 15) is 9.90 Å². The number of aliphatic carboxylic acids is 1. The van der Waals surface area contributed by atoms with Crippen LogP contribution in [0.15, 0.2) is 60.9 Å². The van der Waals surface area contributed by atoms with E-state index >= 15 is 0 Å². The number of hydrogen-bond acceptors (Lipinski definition) is 3. The Labute approximate surface area is 150 Å². The minimum absolute atomic E-state index is 0.441. The van der Waals surface area contributed by atoms with Gasteiger partial charge in [-0.1, -0.05) is 41.9 Å². The van der Waals surface area contributed by atoms with E-state index in [1.54, 1.807) is 53.3 Å². The van der Waals surface area contributed by atoms with E-state index in [-0.39, 0.29) is 0 Å². The Morgan fingerprint density at radius 1 is 1.28 bits per heavy atom. The summed E-state index contributed by atoms with van der Waals surface area (Å²) in [6.07, 6.45) is 2.47. The van der Waals surface area contributed by atoms with Gasteiger partial charge >= 0.3 is 5.97 Å². The van der Waals surface area contributed by atoms with E-state index in [1.165, 1.54) is 0 Å². The minimum atomic E-state index is -1.11. The fourth-order valence-corrected chi connectivity index (χ4v) is 2.69. The molecule has 25 heavy (non-hydrogen) atoms. The van der Waals surface area contributed by atoms with Gasteiger partial charge in [-0.25, -0.2) is 4.79 Å². The third kappa shape index (κ3) is 3.83. The van der Waals surface area contributed by atoms with Gasteiger partial charge in [0.2, 0.25) is 6.10 Å². The van der Waals surface area contributed by atoms with Gasteiger partial charge in [0.1, 0.15) is 5.75 Å². The van der Waals surface area contributed by atoms with Crippen LogP contribution in [0.3, 0.4) is 0 Å². The van der Waals surface area contributed by atoms with Gasteiger partial charge < -0.3 is 9.84 Å². The smallest absolute Gasteiger partial charge is 0.349 e. The first kappa shape index (κ1) is 17.0. The van der Waals surface area contributed by atoms with Crippen LogP contribution in [0.2, 0.25) is 5.02 Å². The van der Waals surface area contributed by atoms with E-state index in [4.69, 9.17) is 16.3 Å². The average molecular weight is 357 g/mol. The van der Waals surface area contributed by atoms with E-state index in [1.807, 2.05) is 19.2 Å². The second-order valence-corrected chi connectivity index (χ2v) is 5.91. The molecule has 0 aliphatic rings. The number of carboxylic acids is 1. The molecule has 0 radical (unpaired) electrons. The Hall–Kier alpha value is -2.79. The second kappa shape index (κ2) is 7.40. The zero-order chi connectivity index (χ0) is 17.8. The monoisotopic (exact) mass is 356 g/mol. The number of ether oxygens (including phenoxy) is 1. The highest BCUT2D eigenvalue weighted by molar-refractivity contribution is 6.31. The quantitative estimate of drug-likeness (QED) is 0.709. The van der Waals surface area contributed by atoms with Crippen LogP contribution in [0.1, 0.15) is 18.6 Å². The van der Waals surface area contributed by atoms with Gasteiger partial charge in [-0.3, -0.25) is 4.68 Å². The van der Waals surface area contributed by atoms with Crippen molar-refractivity contribution in [2.75, 3.05) is 0 Å². The molecule has 1 unspecified atom stereocenters. The Balaban J connectivity index is 2.00. The van der Waals surface area contributed by atoms with Crippen molar-refractivity contribution < 1.29 is 14.6 Å². The summed E-state index contributed by atoms with van der Waals surface area (Å²) >= 11 is 6.12. The predicted molar refractivity (Wildman–Crippen MR) is 95.8 cm³/mol. The average Bonchev–Trinajstić information content (AvgIpc) is 3.10. The molecule has 128 valence electrons. The summed E-state index contributed by atoms with van der Waals surface area (Å²) in [6, 6.07) is 13.9. The van der Waals surface area contributed by atoms with Crippen LogP contribution in [0.25, 0.3) is 11.1 Å². The number of halogens is 1. The molecule has 6 heteroatoms. The number of aromatic nitrogens is 2. The van der Waals surface area contributed by atoms with Crippen molar-refractivity contribution in [1.29, 1.82) is 0 Å². The van der Waals surface area contributed by atoms with E-state index in [0.717, 1.165) is 12.1 Å². The van der Waals surface area contributed by atoms with Crippen molar-refractivity contribution in [2.45, 2.75) is 19.6 Å². The first-order valence-electron chi connectivity index (χ1n) is 7.85. The predicted octanol–water partition coefficient (Wildman–Crippen LogP) is 4.43. The number of nitrogens with zero attached hydrogens (tertiary/aromatic N) is 2. The Bertz CT molecular complexity index is 877. The molecular formula is C19H17ClN2O3. The standard InChI is InChI=1S/C19H17ClN2O3/c1-2-22-12-14(11-21-22)16-10-15(20)8-9-17(16)25-18(19(23)24)13-6-4-3-5-7-13/h3-12,18H,2H2,1H3,(H,23,24). The molecule has 3 rings (SSSR count). The lowest BCUT2D eigenvalue weighted by molar-refractivity contribution is -0.145. The molecule has 1 heterocycles. The number of rotatable bonds is 6. The van der Waals surface area contributed by atoms with Gasteiger partial charge in [0.25, 0.3) is 0 Å². The Kier molecular flexibility index (Phi) is 5.05. The van der Waals surface area contributed by atoms with Crippen molar-refractivity contribution in [3.8, 4) is 16.9 Å². The summed E-state index contributed by atoms with van der Waals surface area (Å²) in [4.78, 5) is 11.7. The van der Waals surface area contributed by atoms with Gasteiger partial charge in [0, 0.05) is 34.5 Å². The molecule has 1 N–H and O–H groups in total. The molecule has 0 fully saturated rings. The number of carbonyl (C=O) groups is 1. The van der Waals surface area contributed by atoms with Crippen LogP contribution in [0.5, 0.6) is 5.75 Å². The molecular weight excluding hydrogens is 340 g/mol. The summed E-state index contributed by atoms with van der Waals surface area (Å²) in [7, 11) is 0. The largest absolute Gasteiger partial charge is 0.478 e. The summed E-state index contributed by atoms with van der Waals surface area (Å²) in [5.74, 6) is -0.618. The maximum atomic E-state index is 11.7. The zero-order valence-corrected chi connectivity index (χ0v) is 14.3. The third-order valence-corrected chi connectivity index (χ3v) is 4.02. The number of hydrogen-bond donors (Lipinski definition) is 1. The summed E-state index contributed by atoms with van der Waals surface area (Å²) in [5, 5.41) is 14.4. The fourth-order valence-electron chi connectivity index (χ4n) is 2.52. The van der Waals surface area contributed by atoms with Crippen molar-refractivity contribution >= 4 is 17.6 Å². The lowest BCUT2D eigenvalue weighted by atomic mass is 10.1. The molecule has 3 aromatic rings. The van der Waals surface area contributed by atoms with Gasteiger partial charge in [0.05, 0.1) is 6.20 Å². The molecule has 0 amide bonds. The molecule has 0 bridgehead atoms. The lowest BCUT2D eigenvalue weighted by Crippen LogP contribution is -2.18. The maximum Gasteiger partial charge on any atom is 0.349 e. The molecule has 0 saturated carbocycles. The Morgan fingerprint density at radius 3 is 2.68 bits per heavy atom. The zero-order valence-electron chi connectivity index (χ0n) is 13.6. The van der Waals surface area contributed by atoms with Crippen LogP contribution in [-0.2, 0) is 11.3 Å². The maximum absolute atomic E-state index is 11.7. The topological polar surface area (TPSA) is 64.3 Å². The molecule has 1 aromatic heterocycles. The van der Waals surface area contributed by atoms with E-state index in [0.29, 0.717) is 21.9 Å². The second-order valence-electron chi connectivity index (χ2n) is 5.47. The molecule has 0 saturated heterocycles. The van der Waals surface area contributed by atoms with Crippen molar-refractivity contribution in [1.82, 2.24) is 9.78 Å². The van der Waals surface area contributed by atoms with Gasteiger partial charge in [0.15, 0.2) is 0 Å². The van der Waals surface area contributed by atoms with Gasteiger partial charge in [-0.05, 0) is 25.1 Å². The third-order valence-electron chi connectivity index (χ3n) is 3.78. The van der Waals surface area contributed by atoms with Crippen LogP contribution < -0.4 is 4.74 Å². The highest BCUT2D eigenvalue weighted by Crippen LogP contribution is 2.35. The number of aryl methyl sites for hydroxylation is 1. The van der Waals surface area contributed by atoms with Crippen LogP contribution in [0.4, 0.5) is 0 Å². The summed E-state index contributed by atoms with van der Waals surface area (Å²) < 4.78 is 7.63. The summed E-state index contributed by atoms with van der Waals surface area (Å²) in [6.45, 7) is 2.72. The van der Waals surface area contributed by atoms with Crippen LogP contribution in [-0.4, -0.2) is 20.9 Å². The van der Waals surface area contributed by atoms with Gasteiger partial charge in [-0.2, -0.15) is 5.10 Å². The van der Waals surface area contributed by atoms with Gasteiger partial charge in [-0.15, -0.1) is 0 Å². The van der Waals surface area contributed by atoms with Crippen LogP contribution in [0, 0.1) is 0 Å². The molecule has 1 atom stereocenters. The molecule has 0 aliphatic carbocycles. The number of benzene rings is 2. The summed E-state index contributed by atoms with van der Waals surface area (Å²) in [5.41, 5.74) is 2.09. The lowest BCUT2D eigenvalue weighted by Gasteiger charge is -2.18. The SMILES string of the molecule is CCn1cc(-c2cc(Cl)ccc2OC(C(=O)O)c2ccccc2)cn1. The normalized spacial score (nSPS) is 11.9. The highest BCUT2D eigenvalue weighted by Gasteiger charge is 2.23. The highest BCUT2D eigenvalue weighted by atomic mass is 35.5. The fraction of sp³-hybridized carbons (Fsp3) is 0.158. The first-order chi connectivity index (χ1) is 12.1. The molecule has 0 aliphatic heterocycles. The molecule has 5 nitrogen and oxygen atoms in total. The molecule has 2 aromatic carbocycles. The first-order valence-corrected chi connectivity index (χ1v) is 8.23. The molecule has 0 spiro atoms. The van der Waals surface area contributed by atoms with Crippen molar-refractivity contribution in [3.63, 3.8) is 0 Å². The number of carboxylic acid groups (broad SMARTS) is 1. The van der Waals surface area contributed by atoms with Crippen molar-refractivity contribution in [2.24, 2.45) is 0 Å².